The monoisotopic (exact) mass is 245 g/mol. The van der Waals surface area contributed by atoms with Crippen molar-refractivity contribution in [2.45, 2.75) is 34.2 Å². The second-order valence-electron chi connectivity index (χ2n) is 4.51. The third-order valence-corrected chi connectivity index (χ3v) is 2.96. The average Bonchev–Trinajstić information content (AvgIpc) is 2.59. The van der Waals surface area contributed by atoms with Gasteiger partial charge in [-0.05, 0) is 33.8 Å². The topological polar surface area (TPSA) is 55.6 Å². The smallest absolute Gasteiger partial charge is 0.223 e. The first-order valence-electron chi connectivity index (χ1n) is 6.11. The van der Waals surface area contributed by atoms with Gasteiger partial charge in [0.05, 0.1) is 12.0 Å². The Bertz CT molecular complexity index is 524. The Balaban J connectivity index is 1.94. The van der Waals surface area contributed by atoms with Crippen molar-refractivity contribution in [2.75, 3.05) is 11.9 Å². The van der Waals surface area contributed by atoms with E-state index in [0.717, 1.165) is 30.2 Å². The second kappa shape index (κ2) is 5.16. The molecule has 0 aliphatic rings. The van der Waals surface area contributed by atoms with Crippen LogP contribution in [0.5, 0.6) is 0 Å². The molecule has 0 spiro atoms. The molecule has 0 bridgehead atoms. The van der Waals surface area contributed by atoms with Crippen molar-refractivity contribution in [3.63, 3.8) is 0 Å². The van der Waals surface area contributed by atoms with Crippen LogP contribution in [0.3, 0.4) is 0 Å². The number of rotatable bonds is 4. The number of anilines is 1. The lowest BCUT2D eigenvalue weighted by molar-refractivity contribution is 0.702. The number of hydrogen-bond donors (Lipinski definition) is 1. The average molecular weight is 245 g/mol. The number of imidazole rings is 1. The molecule has 0 atom stereocenters. The maximum absolute atomic E-state index is 4.35. The van der Waals surface area contributed by atoms with Gasteiger partial charge < -0.3 is 9.88 Å². The quantitative estimate of drug-likeness (QED) is 0.895. The molecular formula is C13H19N5. The molecule has 0 radical (unpaired) electrons. The Kier molecular flexibility index (Phi) is 3.60. The molecule has 2 rings (SSSR count). The van der Waals surface area contributed by atoms with Crippen LogP contribution in [-0.2, 0) is 6.54 Å². The minimum atomic E-state index is 0.696. The highest BCUT2D eigenvalue weighted by molar-refractivity contribution is 5.27. The third kappa shape index (κ3) is 2.85. The van der Waals surface area contributed by atoms with Crippen LogP contribution in [0.4, 0.5) is 5.95 Å². The van der Waals surface area contributed by atoms with E-state index in [4.69, 9.17) is 0 Å². The van der Waals surface area contributed by atoms with E-state index in [9.17, 15) is 0 Å². The minimum absolute atomic E-state index is 0.696. The van der Waals surface area contributed by atoms with Gasteiger partial charge in [0.25, 0.3) is 0 Å². The largest absolute Gasteiger partial charge is 0.352 e. The maximum Gasteiger partial charge on any atom is 0.223 e. The van der Waals surface area contributed by atoms with E-state index in [0.29, 0.717) is 5.95 Å². The summed E-state index contributed by atoms with van der Waals surface area (Å²) < 4.78 is 2.13. The summed E-state index contributed by atoms with van der Waals surface area (Å²) in [7, 11) is 0. The van der Waals surface area contributed by atoms with Crippen molar-refractivity contribution >= 4 is 5.95 Å². The number of nitrogens with one attached hydrogen (secondary N) is 1. The first-order valence-corrected chi connectivity index (χ1v) is 6.11. The van der Waals surface area contributed by atoms with Gasteiger partial charge in [0, 0.05) is 30.2 Å². The highest BCUT2D eigenvalue weighted by atomic mass is 15.1. The molecule has 5 nitrogen and oxygen atoms in total. The van der Waals surface area contributed by atoms with E-state index in [-0.39, 0.29) is 0 Å². The highest BCUT2D eigenvalue weighted by Crippen LogP contribution is 2.05. The van der Waals surface area contributed by atoms with Gasteiger partial charge >= 0.3 is 0 Å². The summed E-state index contributed by atoms with van der Waals surface area (Å²) in [4.78, 5) is 13.0. The summed E-state index contributed by atoms with van der Waals surface area (Å²) in [6, 6.07) is 1.97. The molecular weight excluding hydrogens is 226 g/mol. The first kappa shape index (κ1) is 12.5. The Morgan fingerprint density at radius 3 is 2.33 bits per heavy atom. The predicted molar refractivity (Wildman–Crippen MR) is 71.7 cm³/mol. The number of aryl methyl sites for hydroxylation is 3. The highest BCUT2D eigenvalue weighted by Gasteiger charge is 2.02. The molecule has 0 amide bonds. The van der Waals surface area contributed by atoms with Crippen LogP contribution in [0.25, 0.3) is 0 Å². The second-order valence-corrected chi connectivity index (χ2v) is 4.51. The van der Waals surface area contributed by atoms with Crippen molar-refractivity contribution in [3.05, 3.63) is 35.2 Å². The predicted octanol–water partition coefficient (Wildman–Crippen LogP) is 2.02. The van der Waals surface area contributed by atoms with Crippen molar-refractivity contribution in [3.8, 4) is 0 Å². The van der Waals surface area contributed by atoms with E-state index in [1.54, 1.807) is 0 Å². The standard InChI is InChI=1S/C13H19N5/c1-9-7-10(2)17-13(16-9)14-5-6-18-8-15-11(3)12(18)4/h7-8H,5-6H2,1-4H3,(H,14,16,17). The number of nitrogens with zero attached hydrogens (tertiary/aromatic N) is 4. The van der Waals surface area contributed by atoms with Crippen molar-refractivity contribution in [2.24, 2.45) is 0 Å². The van der Waals surface area contributed by atoms with Crippen LogP contribution >= 0.6 is 0 Å². The van der Waals surface area contributed by atoms with Crippen LogP contribution in [0.2, 0.25) is 0 Å². The molecule has 0 unspecified atom stereocenters. The van der Waals surface area contributed by atoms with Gasteiger partial charge in [0.1, 0.15) is 0 Å². The molecule has 0 saturated carbocycles. The zero-order valence-electron chi connectivity index (χ0n) is 11.4. The molecule has 2 aromatic rings. The van der Waals surface area contributed by atoms with Gasteiger partial charge in [-0.25, -0.2) is 15.0 Å². The van der Waals surface area contributed by atoms with E-state index in [1.807, 2.05) is 33.2 Å². The van der Waals surface area contributed by atoms with Gasteiger partial charge in [-0.3, -0.25) is 0 Å². The van der Waals surface area contributed by atoms with Gasteiger partial charge in [-0.2, -0.15) is 0 Å². The Morgan fingerprint density at radius 1 is 1.11 bits per heavy atom. The molecule has 2 aromatic heterocycles. The van der Waals surface area contributed by atoms with E-state index in [1.165, 1.54) is 5.69 Å². The van der Waals surface area contributed by atoms with Gasteiger partial charge in [-0.1, -0.05) is 0 Å². The molecule has 18 heavy (non-hydrogen) atoms. The van der Waals surface area contributed by atoms with Crippen LogP contribution in [-0.4, -0.2) is 26.1 Å². The van der Waals surface area contributed by atoms with Crippen molar-refractivity contribution in [1.82, 2.24) is 19.5 Å². The van der Waals surface area contributed by atoms with Gasteiger partial charge in [0.2, 0.25) is 5.95 Å². The Morgan fingerprint density at radius 2 is 1.78 bits per heavy atom. The van der Waals surface area contributed by atoms with E-state index in [2.05, 4.69) is 31.8 Å². The number of hydrogen-bond acceptors (Lipinski definition) is 4. The zero-order chi connectivity index (χ0) is 13.1. The van der Waals surface area contributed by atoms with Crippen LogP contribution in [0.15, 0.2) is 12.4 Å². The molecule has 0 saturated heterocycles. The fourth-order valence-electron chi connectivity index (χ4n) is 1.86. The molecule has 0 fully saturated rings. The number of aromatic nitrogens is 4. The Hall–Kier alpha value is -1.91. The summed E-state index contributed by atoms with van der Waals surface area (Å²) >= 11 is 0. The summed E-state index contributed by atoms with van der Waals surface area (Å²) in [5, 5.41) is 3.24. The summed E-state index contributed by atoms with van der Waals surface area (Å²) in [5.74, 6) is 0.696. The molecule has 0 aliphatic carbocycles. The lowest BCUT2D eigenvalue weighted by Crippen LogP contribution is -2.13. The Labute approximate surface area is 107 Å². The van der Waals surface area contributed by atoms with Crippen LogP contribution in [0.1, 0.15) is 22.8 Å². The lowest BCUT2D eigenvalue weighted by atomic mass is 10.3. The third-order valence-electron chi connectivity index (χ3n) is 2.96. The normalized spacial score (nSPS) is 10.7. The zero-order valence-corrected chi connectivity index (χ0v) is 11.4. The van der Waals surface area contributed by atoms with E-state index < -0.39 is 0 Å². The molecule has 2 heterocycles. The SMILES string of the molecule is Cc1cc(C)nc(NCCn2cnc(C)c2C)n1. The maximum atomic E-state index is 4.35. The molecule has 96 valence electrons. The van der Waals surface area contributed by atoms with Crippen LogP contribution in [0, 0.1) is 27.7 Å². The summed E-state index contributed by atoms with van der Waals surface area (Å²) in [6.45, 7) is 9.71. The molecule has 0 aromatic carbocycles. The molecule has 5 heteroatoms. The fraction of sp³-hybridized carbons (Fsp3) is 0.462. The fourth-order valence-corrected chi connectivity index (χ4v) is 1.86. The van der Waals surface area contributed by atoms with Crippen LogP contribution < -0.4 is 5.32 Å². The molecule has 0 aliphatic heterocycles. The minimum Gasteiger partial charge on any atom is -0.352 e. The summed E-state index contributed by atoms with van der Waals surface area (Å²) in [6.07, 6.45) is 1.87. The summed E-state index contributed by atoms with van der Waals surface area (Å²) in [5.41, 5.74) is 4.26. The van der Waals surface area contributed by atoms with Crippen molar-refractivity contribution in [1.29, 1.82) is 0 Å². The first-order chi connectivity index (χ1) is 8.56. The molecule has 1 N–H and O–H groups in total. The van der Waals surface area contributed by atoms with Crippen molar-refractivity contribution < 1.29 is 0 Å². The van der Waals surface area contributed by atoms with Gasteiger partial charge in [0.15, 0.2) is 0 Å². The lowest BCUT2D eigenvalue weighted by Gasteiger charge is -2.08. The van der Waals surface area contributed by atoms with E-state index >= 15 is 0 Å². The van der Waals surface area contributed by atoms with Gasteiger partial charge in [-0.15, -0.1) is 0 Å².